The van der Waals surface area contributed by atoms with Crippen LogP contribution in [0.15, 0.2) is 71.9 Å². The summed E-state index contributed by atoms with van der Waals surface area (Å²) in [5, 5.41) is 5.55. The van der Waals surface area contributed by atoms with Gasteiger partial charge in [0.25, 0.3) is 0 Å². The molecule has 0 atom stereocenters. The zero-order chi connectivity index (χ0) is 21.3. The van der Waals surface area contributed by atoms with Crippen LogP contribution in [0.5, 0.6) is 5.75 Å². The maximum atomic E-state index is 12.6. The molecule has 154 valence electrons. The fraction of sp³-hybridized carbons (Fsp3) is 0.130. The molecule has 0 saturated carbocycles. The minimum Gasteiger partial charge on any atom is -0.488 e. The van der Waals surface area contributed by atoms with E-state index < -0.39 is 0 Å². The van der Waals surface area contributed by atoms with E-state index in [1.54, 1.807) is 48.5 Å². The first kappa shape index (κ1) is 22.2. The predicted octanol–water partition coefficient (Wildman–Crippen LogP) is 7.00. The Morgan fingerprint density at radius 1 is 0.900 bits per heavy atom. The number of benzene rings is 3. The third kappa shape index (κ3) is 6.49. The molecule has 0 aliphatic heterocycles. The van der Waals surface area contributed by atoms with Gasteiger partial charge in [0.1, 0.15) is 19.0 Å². The summed E-state index contributed by atoms with van der Waals surface area (Å²) in [5.41, 5.74) is 2.20. The zero-order valence-corrected chi connectivity index (χ0v) is 18.1. The van der Waals surface area contributed by atoms with Gasteiger partial charge >= 0.3 is 0 Å². The van der Waals surface area contributed by atoms with Crippen molar-refractivity contribution in [2.24, 2.45) is 5.16 Å². The van der Waals surface area contributed by atoms with E-state index in [4.69, 9.17) is 44.4 Å². The van der Waals surface area contributed by atoms with Crippen LogP contribution in [0.25, 0.3) is 0 Å². The molecule has 0 radical (unpaired) electrons. The second kappa shape index (κ2) is 11.0. The van der Waals surface area contributed by atoms with Crippen molar-refractivity contribution in [1.82, 2.24) is 0 Å². The summed E-state index contributed by atoms with van der Waals surface area (Å²) >= 11 is 17.8. The number of para-hydroxylation sites is 1. The number of ether oxygens (including phenoxy) is 1. The number of ketones is 1. The molecular weight excluding hydrogens is 445 g/mol. The standard InChI is InChI=1S/C23H18Cl3NO3/c24-18-8-5-16(6-9-18)14-29-23-4-2-1-3-20(23)22(28)11-12-27-30-15-17-7-10-19(25)13-21(17)26/h1-10,12-13H,11,14-15H2/b27-12+. The number of Topliss-reactive ketones (excluding diaryl/α,β-unsaturated/α-hetero) is 1. The Morgan fingerprint density at radius 3 is 2.40 bits per heavy atom. The summed E-state index contributed by atoms with van der Waals surface area (Å²) in [4.78, 5) is 17.8. The average Bonchev–Trinajstić information content (AvgIpc) is 2.74. The Kier molecular flexibility index (Phi) is 8.14. The molecule has 0 unspecified atom stereocenters. The van der Waals surface area contributed by atoms with Gasteiger partial charge in [-0.2, -0.15) is 0 Å². The average molecular weight is 463 g/mol. The third-order valence-electron chi connectivity index (χ3n) is 4.16. The predicted molar refractivity (Wildman–Crippen MR) is 121 cm³/mol. The highest BCUT2D eigenvalue weighted by molar-refractivity contribution is 6.35. The van der Waals surface area contributed by atoms with Crippen LogP contribution in [-0.2, 0) is 18.1 Å². The number of halogens is 3. The van der Waals surface area contributed by atoms with E-state index in [1.807, 2.05) is 18.2 Å². The number of hydrogen-bond donors (Lipinski definition) is 0. The SMILES string of the molecule is O=C(C/C=N/OCc1ccc(Cl)cc1Cl)c1ccccc1OCc1ccc(Cl)cc1. The van der Waals surface area contributed by atoms with E-state index in [2.05, 4.69) is 5.16 Å². The van der Waals surface area contributed by atoms with Crippen molar-refractivity contribution in [3.63, 3.8) is 0 Å². The molecular formula is C23H18Cl3NO3. The first-order valence-electron chi connectivity index (χ1n) is 9.10. The van der Waals surface area contributed by atoms with Gasteiger partial charge in [-0.05, 0) is 42.0 Å². The molecule has 0 aliphatic carbocycles. The van der Waals surface area contributed by atoms with Gasteiger partial charge in [0.05, 0.1) is 11.8 Å². The minimum atomic E-state index is -0.126. The van der Waals surface area contributed by atoms with E-state index in [0.717, 1.165) is 11.1 Å². The van der Waals surface area contributed by atoms with E-state index in [9.17, 15) is 4.79 Å². The van der Waals surface area contributed by atoms with Crippen molar-refractivity contribution in [3.8, 4) is 5.75 Å². The van der Waals surface area contributed by atoms with Crippen LogP contribution in [0.4, 0.5) is 0 Å². The van der Waals surface area contributed by atoms with Crippen LogP contribution >= 0.6 is 34.8 Å². The molecule has 7 heteroatoms. The Balaban J connectivity index is 1.53. The van der Waals surface area contributed by atoms with Gasteiger partial charge in [0.2, 0.25) is 0 Å². The maximum Gasteiger partial charge on any atom is 0.172 e. The lowest BCUT2D eigenvalue weighted by atomic mass is 10.1. The van der Waals surface area contributed by atoms with Gasteiger partial charge in [-0.1, -0.05) is 70.3 Å². The molecule has 0 fully saturated rings. The van der Waals surface area contributed by atoms with E-state index in [1.165, 1.54) is 6.21 Å². The lowest BCUT2D eigenvalue weighted by Crippen LogP contribution is -2.05. The molecule has 0 saturated heterocycles. The Morgan fingerprint density at radius 2 is 1.63 bits per heavy atom. The highest BCUT2D eigenvalue weighted by atomic mass is 35.5. The Bertz CT molecular complexity index is 1040. The summed E-state index contributed by atoms with van der Waals surface area (Å²) in [6.07, 6.45) is 1.50. The molecule has 0 aromatic heterocycles. The number of rotatable bonds is 9. The molecule has 0 bridgehead atoms. The van der Waals surface area contributed by atoms with Gasteiger partial charge in [-0.15, -0.1) is 0 Å². The van der Waals surface area contributed by atoms with Crippen molar-refractivity contribution >= 4 is 46.8 Å². The summed E-state index contributed by atoms with van der Waals surface area (Å²) < 4.78 is 5.83. The van der Waals surface area contributed by atoms with E-state index >= 15 is 0 Å². The van der Waals surface area contributed by atoms with Gasteiger partial charge in [0.15, 0.2) is 5.78 Å². The van der Waals surface area contributed by atoms with Crippen LogP contribution in [-0.4, -0.2) is 12.0 Å². The molecule has 3 aromatic carbocycles. The van der Waals surface area contributed by atoms with Crippen LogP contribution in [0.2, 0.25) is 15.1 Å². The number of hydrogen-bond acceptors (Lipinski definition) is 4. The second-order valence-corrected chi connectivity index (χ2v) is 7.62. The van der Waals surface area contributed by atoms with Crippen molar-refractivity contribution in [1.29, 1.82) is 0 Å². The largest absolute Gasteiger partial charge is 0.488 e. The first-order chi connectivity index (χ1) is 14.5. The van der Waals surface area contributed by atoms with Crippen molar-refractivity contribution in [2.75, 3.05) is 0 Å². The molecule has 0 spiro atoms. The van der Waals surface area contributed by atoms with Gasteiger partial charge < -0.3 is 9.57 Å². The summed E-state index contributed by atoms with van der Waals surface area (Å²) in [7, 11) is 0. The highest BCUT2D eigenvalue weighted by Crippen LogP contribution is 2.22. The molecule has 3 aromatic rings. The fourth-order valence-electron chi connectivity index (χ4n) is 2.59. The minimum absolute atomic E-state index is 0.0790. The zero-order valence-electron chi connectivity index (χ0n) is 15.9. The summed E-state index contributed by atoms with van der Waals surface area (Å²) in [6, 6.07) is 19.6. The number of nitrogens with zero attached hydrogens (tertiary/aromatic N) is 1. The maximum absolute atomic E-state index is 12.6. The number of carbonyl (C=O) groups is 1. The molecule has 0 N–H and O–H groups in total. The lowest BCUT2D eigenvalue weighted by molar-refractivity contribution is 0.0992. The fourth-order valence-corrected chi connectivity index (χ4v) is 3.18. The van der Waals surface area contributed by atoms with Crippen LogP contribution in [0.3, 0.4) is 0 Å². The second-order valence-electron chi connectivity index (χ2n) is 6.34. The highest BCUT2D eigenvalue weighted by Gasteiger charge is 2.11. The van der Waals surface area contributed by atoms with Crippen molar-refractivity contribution in [3.05, 3.63) is 98.5 Å². The summed E-state index contributed by atoms with van der Waals surface area (Å²) in [5.74, 6) is 0.387. The molecule has 3 rings (SSSR count). The topological polar surface area (TPSA) is 47.9 Å². The van der Waals surface area contributed by atoms with Crippen LogP contribution in [0.1, 0.15) is 27.9 Å². The normalized spacial score (nSPS) is 10.9. The quantitative estimate of drug-likeness (QED) is 0.195. The number of oxime groups is 1. The summed E-state index contributed by atoms with van der Waals surface area (Å²) in [6.45, 7) is 0.516. The van der Waals surface area contributed by atoms with Crippen molar-refractivity contribution < 1.29 is 14.4 Å². The monoisotopic (exact) mass is 461 g/mol. The van der Waals surface area contributed by atoms with Crippen LogP contribution < -0.4 is 4.74 Å². The molecule has 4 nitrogen and oxygen atoms in total. The van der Waals surface area contributed by atoms with Gasteiger partial charge in [0, 0.05) is 27.1 Å². The van der Waals surface area contributed by atoms with E-state index in [0.29, 0.717) is 33.0 Å². The Labute approximate surface area is 190 Å². The Hall–Kier alpha value is -2.53. The van der Waals surface area contributed by atoms with Crippen molar-refractivity contribution in [2.45, 2.75) is 19.6 Å². The van der Waals surface area contributed by atoms with Crippen LogP contribution in [0, 0.1) is 0 Å². The number of carbonyl (C=O) groups excluding carboxylic acids is 1. The molecule has 30 heavy (non-hydrogen) atoms. The van der Waals surface area contributed by atoms with E-state index in [-0.39, 0.29) is 18.8 Å². The molecule has 0 amide bonds. The smallest absolute Gasteiger partial charge is 0.172 e. The van der Waals surface area contributed by atoms with Gasteiger partial charge in [-0.3, -0.25) is 4.79 Å². The third-order valence-corrected chi connectivity index (χ3v) is 4.99. The molecule has 0 heterocycles. The molecule has 0 aliphatic rings. The van der Waals surface area contributed by atoms with Gasteiger partial charge in [-0.25, -0.2) is 0 Å². The lowest BCUT2D eigenvalue weighted by Gasteiger charge is -2.10. The first-order valence-corrected chi connectivity index (χ1v) is 10.2.